The summed E-state index contributed by atoms with van der Waals surface area (Å²) in [5.41, 5.74) is 0. The Morgan fingerprint density at radius 3 is 1.54 bits per heavy atom. The van der Waals surface area contributed by atoms with Gasteiger partial charge in [-0.1, -0.05) is 78.6 Å². The first-order valence-electron chi connectivity index (χ1n) is 22.0. The summed E-state index contributed by atoms with van der Waals surface area (Å²) in [6.45, 7) is 5.27. The number of amides is 7. The van der Waals surface area contributed by atoms with E-state index >= 15 is 0 Å². The number of hydrogen-bond donors (Lipinski definition) is 10. The molecule has 6 atom stereocenters. The Labute approximate surface area is 367 Å². The van der Waals surface area contributed by atoms with Crippen molar-refractivity contribution in [3.05, 3.63) is 0 Å². The van der Waals surface area contributed by atoms with Gasteiger partial charge < -0.3 is 52.5 Å². The van der Waals surface area contributed by atoms with Crippen LogP contribution in [0.1, 0.15) is 137 Å². The number of hydrogen-bond acceptors (Lipinski definition) is 11. The first-order valence-corrected chi connectivity index (χ1v) is 22.0. The van der Waals surface area contributed by atoms with Crippen LogP contribution < -0.4 is 37.2 Å². The van der Waals surface area contributed by atoms with Crippen molar-refractivity contribution in [3.63, 3.8) is 0 Å². The van der Waals surface area contributed by atoms with Gasteiger partial charge in [-0.15, -0.1) is 0 Å². The highest BCUT2D eigenvalue weighted by Gasteiger charge is 2.38. The van der Waals surface area contributed by atoms with Gasteiger partial charge in [-0.2, -0.15) is 0 Å². The van der Waals surface area contributed by atoms with Gasteiger partial charge in [-0.25, -0.2) is 0 Å². The Bertz CT molecular complexity index is 1640. The molecule has 6 unspecified atom stereocenters. The van der Waals surface area contributed by atoms with Crippen LogP contribution in [0, 0.1) is 17.8 Å². The van der Waals surface area contributed by atoms with Gasteiger partial charge in [-0.3, -0.25) is 52.7 Å². The van der Waals surface area contributed by atoms with E-state index in [1.165, 1.54) is 0 Å². The van der Waals surface area contributed by atoms with E-state index in [4.69, 9.17) is 10.2 Å². The largest absolute Gasteiger partial charge is 0.481 e. The Morgan fingerprint density at radius 1 is 0.540 bits per heavy atom. The molecule has 0 heterocycles. The zero-order valence-corrected chi connectivity index (χ0v) is 36.8. The van der Waals surface area contributed by atoms with Gasteiger partial charge in [0.1, 0.15) is 36.8 Å². The van der Waals surface area contributed by atoms with E-state index in [9.17, 15) is 57.8 Å². The minimum absolute atomic E-state index is 0.0394. The van der Waals surface area contributed by atoms with Crippen LogP contribution in [0.15, 0.2) is 0 Å². The minimum atomic E-state index is -1.54. The Balaban J connectivity index is 2.41. The van der Waals surface area contributed by atoms with Crippen LogP contribution in [0.4, 0.5) is 0 Å². The SMILES string of the molecule is CCCC(NC(=O)C(CC1CCCCC1)NC(=O)C(NC(=O)C(NC(=O)C(CCC(=O)O)NC(=O)C(CCC(=O)O)NC(C)=O)C(C)C)C1CCCCC1)C(=O)C(=O)NCC(=O)O. The molecule has 2 saturated carbocycles. The average Bonchev–Trinajstić information content (AvgIpc) is 3.23. The van der Waals surface area contributed by atoms with Crippen LogP contribution in [0.2, 0.25) is 0 Å². The Hall–Kier alpha value is -5.63. The van der Waals surface area contributed by atoms with Gasteiger partial charge in [-0.05, 0) is 56.3 Å². The van der Waals surface area contributed by atoms with E-state index < -0.39 is 133 Å². The Kier molecular flexibility index (Phi) is 23.3. The smallest absolute Gasteiger partial charge is 0.322 e. The summed E-state index contributed by atoms with van der Waals surface area (Å²) < 4.78 is 0. The van der Waals surface area contributed by atoms with Crippen molar-refractivity contribution < 1.29 is 68.1 Å². The molecule has 63 heavy (non-hydrogen) atoms. The summed E-state index contributed by atoms with van der Waals surface area (Å²) in [5, 5.41) is 45.0. The number of carboxylic acid groups (broad SMARTS) is 3. The molecule has 0 saturated heterocycles. The van der Waals surface area contributed by atoms with Crippen molar-refractivity contribution in [1.29, 1.82) is 0 Å². The maximum absolute atomic E-state index is 14.4. The molecule has 0 spiro atoms. The zero-order valence-electron chi connectivity index (χ0n) is 36.8. The maximum Gasteiger partial charge on any atom is 0.322 e. The van der Waals surface area contributed by atoms with Gasteiger partial charge in [0.25, 0.3) is 5.91 Å². The lowest BCUT2D eigenvalue weighted by Crippen LogP contribution is -2.62. The average molecular weight is 894 g/mol. The molecule has 2 fully saturated rings. The van der Waals surface area contributed by atoms with E-state index in [0.29, 0.717) is 19.3 Å². The third-order valence-electron chi connectivity index (χ3n) is 11.3. The van der Waals surface area contributed by atoms with Gasteiger partial charge in [0, 0.05) is 19.8 Å². The van der Waals surface area contributed by atoms with E-state index in [0.717, 1.165) is 58.3 Å². The lowest BCUT2D eigenvalue weighted by Gasteiger charge is -2.34. The molecule has 2 rings (SSSR count). The highest BCUT2D eigenvalue weighted by Crippen LogP contribution is 2.29. The molecule has 354 valence electrons. The van der Waals surface area contributed by atoms with E-state index in [2.05, 4.69) is 31.9 Å². The van der Waals surface area contributed by atoms with Crippen LogP contribution in [0.25, 0.3) is 0 Å². The number of carbonyl (C=O) groups is 11. The second kappa shape index (κ2) is 27.4. The van der Waals surface area contributed by atoms with Crippen molar-refractivity contribution in [2.45, 2.75) is 173 Å². The molecule has 21 heteroatoms. The second-order valence-electron chi connectivity index (χ2n) is 16.9. The number of Topliss-reactive ketones (excluding diaryl/α,β-unsaturated/α-hetero) is 1. The summed E-state index contributed by atoms with van der Waals surface area (Å²) in [6.07, 6.45) is 6.71. The van der Waals surface area contributed by atoms with Crippen molar-refractivity contribution >= 4 is 65.0 Å². The molecule has 2 aliphatic carbocycles. The number of ketones is 1. The topological polar surface area (TPSA) is 333 Å². The molecule has 7 amide bonds. The van der Waals surface area contributed by atoms with Gasteiger partial charge in [0.2, 0.25) is 41.2 Å². The third-order valence-corrected chi connectivity index (χ3v) is 11.3. The fraction of sp³-hybridized carbons (Fsp3) is 0.738. The van der Waals surface area contributed by atoms with Crippen molar-refractivity contribution in [1.82, 2.24) is 37.2 Å². The van der Waals surface area contributed by atoms with Crippen molar-refractivity contribution in [3.8, 4) is 0 Å². The summed E-state index contributed by atoms with van der Waals surface area (Å²) in [6, 6.07) is -7.92. The highest BCUT2D eigenvalue weighted by molar-refractivity contribution is 6.38. The lowest BCUT2D eigenvalue weighted by molar-refractivity contribution is -0.143. The maximum atomic E-state index is 14.4. The minimum Gasteiger partial charge on any atom is -0.481 e. The Morgan fingerprint density at radius 2 is 1.03 bits per heavy atom. The third kappa shape index (κ3) is 19.5. The molecule has 0 aromatic rings. The van der Waals surface area contributed by atoms with E-state index in [1.807, 2.05) is 5.32 Å². The summed E-state index contributed by atoms with van der Waals surface area (Å²) in [4.78, 5) is 141. The van der Waals surface area contributed by atoms with Crippen LogP contribution in [-0.4, -0.2) is 123 Å². The molecule has 10 N–H and O–H groups in total. The normalized spacial score (nSPS) is 17.3. The fourth-order valence-corrected chi connectivity index (χ4v) is 7.97. The molecule has 2 aliphatic rings. The molecule has 0 radical (unpaired) electrons. The predicted molar refractivity (Wildman–Crippen MR) is 224 cm³/mol. The van der Waals surface area contributed by atoms with Gasteiger partial charge in [0.15, 0.2) is 0 Å². The highest BCUT2D eigenvalue weighted by atomic mass is 16.4. The van der Waals surface area contributed by atoms with Gasteiger partial charge >= 0.3 is 17.9 Å². The molecule has 0 aliphatic heterocycles. The van der Waals surface area contributed by atoms with Crippen LogP contribution in [0.5, 0.6) is 0 Å². The second-order valence-corrected chi connectivity index (χ2v) is 16.9. The number of aliphatic carboxylic acids is 3. The van der Waals surface area contributed by atoms with Crippen LogP contribution in [0.3, 0.4) is 0 Å². The first kappa shape index (κ1) is 53.5. The predicted octanol–water partition coefficient (Wildman–Crippen LogP) is 0.421. The van der Waals surface area contributed by atoms with Gasteiger partial charge in [0.05, 0.1) is 6.04 Å². The summed E-state index contributed by atoms with van der Waals surface area (Å²) in [5.74, 6) is -11.8. The molecule has 21 nitrogen and oxygen atoms in total. The summed E-state index contributed by atoms with van der Waals surface area (Å²) in [7, 11) is 0. The summed E-state index contributed by atoms with van der Waals surface area (Å²) >= 11 is 0. The quantitative estimate of drug-likeness (QED) is 0.0500. The zero-order chi connectivity index (χ0) is 47.2. The standard InChI is InChI=1S/C42H67N7O14/c1-5-12-27(36(57)42(63)43-22-33(55)56)45-39(60)30(21-25-13-8-6-9-14-25)47-41(62)35(26-15-10-7-11-16-26)49-40(61)34(23(2)3)48-38(59)29(18-20-32(53)54)46-37(58)28(44-24(4)50)17-19-31(51)52/h23,25-30,34-35H,5-22H2,1-4H3,(H,43,63)(H,44,50)(H,45,60)(H,46,58)(H,47,62)(H,48,59)(H,49,61)(H,51,52)(H,53,54)(H,55,56). The number of nitrogens with one attached hydrogen (secondary N) is 7. The number of carbonyl (C=O) groups excluding carboxylic acids is 8. The van der Waals surface area contributed by atoms with E-state index in [1.54, 1.807) is 20.8 Å². The monoisotopic (exact) mass is 893 g/mol. The molecule has 0 aromatic carbocycles. The van der Waals surface area contributed by atoms with Crippen molar-refractivity contribution in [2.75, 3.05) is 6.54 Å². The fourth-order valence-electron chi connectivity index (χ4n) is 7.97. The molecule has 0 aromatic heterocycles. The number of carboxylic acids is 3. The molecular formula is C42H67N7O14. The van der Waals surface area contributed by atoms with Crippen molar-refractivity contribution in [2.24, 2.45) is 17.8 Å². The first-order chi connectivity index (χ1) is 29.7. The number of rotatable bonds is 27. The van der Waals surface area contributed by atoms with E-state index in [-0.39, 0.29) is 31.1 Å². The molecule has 0 bridgehead atoms. The lowest BCUT2D eigenvalue weighted by atomic mass is 9.82. The van der Waals surface area contributed by atoms with Crippen LogP contribution in [-0.2, 0) is 52.7 Å². The van der Waals surface area contributed by atoms with Crippen LogP contribution >= 0.6 is 0 Å². The molecular weight excluding hydrogens is 826 g/mol.